The molecule has 0 aliphatic heterocycles. The van der Waals surface area contributed by atoms with Gasteiger partial charge in [-0.2, -0.15) is 0 Å². The van der Waals surface area contributed by atoms with Crippen molar-refractivity contribution in [3.63, 3.8) is 0 Å². The van der Waals surface area contributed by atoms with Crippen molar-refractivity contribution < 1.29 is 9.53 Å². The van der Waals surface area contributed by atoms with Crippen LogP contribution in [0.3, 0.4) is 0 Å². The Labute approximate surface area is 112 Å². The van der Waals surface area contributed by atoms with E-state index in [1.165, 1.54) is 0 Å². The summed E-state index contributed by atoms with van der Waals surface area (Å²) in [6, 6.07) is 10.6. The Morgan fingerprint density at radius 2 is 2.05 bits per heavy atom. The van der Waals surface area contributed by atoms with Gasteiger partial charge in [0.25, 0.3) is 0 Å². The van der Waals surface area contributed by atoms with E-state index >= 15 is 0 Å². The normalized spacial score (nSPS) is 9.95. The van der Waals surface area contributed by atoms with Gasteiger partial charge in [0.15, 0.2) is 0 Å². The molecule has 4 heteroatoms. The summed E-state index contributed by atoms with van der Waals surface area (Å²) in [6.45, 7) is 2.99. The molecular weight excluding hydrogens is 240 g/mol. The quantitative estimate of drug-likeness (QED) is 0.659. The highest BCUT2D eigenvalue weighted by molar-refractivity contribution is 5.90. The Kier molecular flexibility index (Phi) is 4.50. The molecule has 0 saturated carbocycles. The summed E-state index contributed by atoms with van der Waals surface area (Å²) in [4.78, 5) is 15.7. The third kappa shape index (κ3) is 3.81. The predicted molar refractivity (Wildman–Crippen MR) is 74.4 cm³/mol. The number of pyridine rings is 1. The molecule has 2 rings (SSSR count). The Morgan fingerprint density at radius 3 is 2.79 bits per heavy atom. The van der Waals surface area contributed by atoms with Gasteiger partial charge in [0.1, 0.15) is 5.75 Å². The number of hydrogen-bond acceptors (Lipinski definition) is 4. The fourth-order valence-corrected chi connectivity index (χ4v) is 1.59. The third-order valence-corrected chi connectivity index (χ3v) is 2.54. The Morgan fingerprint density at radius 1 is 1.26 bits per heavy atom. The first-order valence-corrected chi connectivity index (χ1v) is 6.25. The van der Waals surface area contributed by atoms with Crippen molar-refractivity contribution in [3.05, 3.63) is 54.4 Å². The van der Waals surface area contributed by atoms with E-state index < -0.39 is 0 Å². The molecule has 0 fully saturated rings. The molecule has 1 heterocycles. The fourth-order valence-electron chi connectivity index (χ4n) is 1.59. The topological polar surface area (TPSA) is 51.2 Å². The minimum atomic E-state index is -0.380. The second-order valence-corrected chi connectivity index (χ2v) is 4.08. The maximum absolute atomic E-state index is 11.9. The molecule has 0 aliphatic carbocycles. The first-order chi connectivity index (χ1) is 9.29. The average molecular weight is 256 g/mol. The highest BCUT2D eigenvalue weighted by atomic mass is 16.5. The zero-order valence-corrected chi connectivity index (χ0v) is 10.8. The van der Waals surface area contributed by atoms with Crippen LogP contribution in [0.1, 0.15) is 23.7 Å². The summed E-state index contributed by atoms with van der Waals surface area (Å²) < 4.78 is 5.31. The molecule has 1 aromatic heterocycles. The molecule has 0 aliphatic rings. The van der Waals surface area contributed by atoms with Crippen LogP contribution < -0.4 is 10.1 Å². The number of ether oxygens (including phenoxy) is 1. The maximum Gasteiger partial charge on any atom is 0.343 e. The van der Waals surface area contributed by atoms with E-state index in [1.54, 1.807) is 30.6 Å². The van der Waals surface area contributed by atoms with Gasteiger partial charge in [-0.05, 0) is 30.7 Å². The molecule has 19 heavy (non-hydrogen) atoms. The largest absolute Gasteiger partial charge is 0.423 e. The van der Waals surface area contributed by atoms with Crippen molar-refractivity contribution in [2.24, 2.45) is 0 Å². The van der Waals surface area contributed by atoms with Crippen LogP contribution >= 0.6 is 0 Å². The molecule has 0 saturated heterocycles. The molecule has 0 amide bonds. The van der Waals surface area contributed by atoms with Crippen molar-refractivity contribution in [3.8, 4) is 5.75 Å². The average Bonchev–Trinajstić information content (AvgIpc) is 2.46. The fraction of sp³-hybridized carbons (Fsp3) is 0.200. The van der Waals surface area contributed by atoms with Gasteiger partial charge >= 0.3 is 5.97 Å². The van der Waals surface area contributed by atoms with Gasteiger partial charge in [0, 0.05) is 30.7 Å². The molecule has 0 radical (unpaired) electrons. The molecule has 4 nitrogen and oxygen atoms in total. The number of rotatable bonds is 5. The molecule has 0 atom stereocenters. The monoisotopic (exact) mass is 256 g/mol. The molecule has 0 unspecified atom stereocenters. The van der Waals surface area contributed by atoms with Crippen molar-refractivity contribution in [2.75, 3.05) is 11.9 Å². The van der Waals surface area contributed by atoms with Crippen LogP contribution in [0.4, 0.5) is 5.69 Å². The molecule has 0 bridgehead atoms. The lowest BCUT2D eigenvalue weighted by molar-refractivity contribution is 0.0735. The van der Waals surface area contributed by atoms with Crippen LogP contribution in [-0.2, 0) is 0 Å². The molecule has 1 N–H and O–H groups in total. The second-order valence-electron chi connectivity index (χ2n) is 4.08. The lowest BCUT2D eigenvalue weighted by Crippen LogP contribution is -2.08. The van der Waals surface area contributed by atoms with E-state index in [1.807, 2.05) is 18.2 Å². The number of aromatic nitrogens is 1. The lowest BCUT2D eigenvalue weighted by Gasteiger charge is -2.08. The number of nitrogens with zero attached hydrogens (tertiary/aromatic N) is 1. The van der Waals surface area contributed by atoms with Gasteiger partial charge in [0.05, 0.1) is 5.56 Å². The van der Waals surface area contributed by atoms with E-state index in [0.717, 1.165) is 18.7 Å². The number of carbonyl (C=O) groups excluding carboxylic acids is 1. The van der Waals surface area contributed by atoms with Crippen LogP contribution in [-0.4, -0.2) is 17.5 Å². The van der Waals surface area contributed by atoms with Crippen LogP contribution in [0.5, 0.6) is 5.75 Å². The van der Waals surface area contributed by atoms with E-state index in [9.17, 15) is 4.79 Å². The lowest BCUT2D eigenvalue weighted by atomic mass is 10.2. The van der Waals surface area contributed by atoms with Crippen LogP contribution in [0.15, 0.2) is 48.8 Å². The van der Waals surface area contributed by atoms with Gasteiger partial charge in [-0.25, -0.2) is 4.79 Å². The smallest absolute Gasteiger partial charge is 0.343 e. The van der Waals surface area contributed by atoms with Crippen molar-refractivity contribution >= 4 is 11.7 Å². The van der Waals surface area contributed by atoms with Crippen molar-refractivity contribution in [1.82, 2.24) is 4.98 Å². The Bertz CT molecular complexity index is 541. The SMILES string of the molecule is CCCNc1cccc(OC(=O)c2ccncc2)c1. The summed E-state index contributed by atoms with van der Waals surface area (Å²) in [5.41, 5.74) is 1.43. The third-order valence-electron chi connectivity index (χ3n) is 2.54. The van der Waals surface area contributed by atoms with Gasteiger partial charge in [-0.1, -0.05) is 13.0 Å². The summed E-state index contributed by atoms with van der Waals surface area (Å²) in [5.74, 6) is 0.151. The van der Waals surface area contributed by atoms with Gasteiger partial charge in [-0.15, -0.1) is 0 Å². The molecule has 2 aromatic rings. The number of hydrogen-bond donors (Lipinski definition) is 1. The van der Waals surface area contributed by atoms with Crippen molar-refractivity contribution in [2.45, 2.75) is 13.3 Å². The van der Waals surface area contributed by atoms with Crippen molar-refractivity contribution in [1.29, 1.82) is 0 Å². The first-order valence-electron chi connectivity index (χ1n) is 6.25. The number of nitrogens with one attached hydrogen (secondary N) is 1. The summed E-state index contributed by atoms with van der Waals surface area (Å²) in [5, 5.41) is 3.25. The van der Waals surface area contributed by atoms with Gasteiger partial charge in [0.2, 0.25) is 0 Å². The second kappa shape index (κ2) is 6.54. The number of esters is 1. The molecular formula is C15H16N2O2. The summed E-state index contributed by atoms with van der Waals surface area (Å²) >= 11 is 0. The van der Waals surface area contributed by atoms with E-state index in [-0.39, 0.29) is 5.97 Å². The number of benzene rings is 1. The van der Waals surface area contributed by atoms with E-state index in [4.69, 9.17) is 4.74 Å². The first kappa shape index (κ1) is 13.1. The van der Waals surface area contributed by atoms with Crippen LogP contribution in [0.25, 0.3) is 0 Å². The predicted octanol–water partition coefficient (Wildman–Crippen LogP) is 3.12. The summed E-state index contributed by atoms with van der Waals surface area (Å²) in [7, 11) is 0. The van der Waals surface area contributed by atoms with Gasteiger partial charge < -0.3 is 10.1 Å². The highest BCUT2D eigenvalue weighted by Gasteiger charge is 2.08. The highest BCUT2D eigenvalue weighted by Crippen LogP contribution is 2.18. The van der Waals surface area contributed by atoms with Gasteiger partial charge in [-0.3, -0.25) is 4.98 Å². The maximum atomic E-state index is 11.9. The Balaban J connectivity index is 2.05. The van der Waals surface area contributed by atoms with Crippen LogP contribution in [0.2, 0.25) is 0 Å². The number of anilines is 1. The molecule has 0 spiro atoms. The van der Waals surface area contributed by atoms with Crippen LogP contribution in [0, 0.1) is 0 Å². The van der Waals surface area contributed by atoms with E-state index in [2.05, 4.69) is 17.2 Å². The minimum Gasteiger partial charge on any atom is -0.423 e. The zero-order chi connectivity index (χ0) is 13.5. The Hall–Kier alpha value is -2.36. The summed E-state index contributed by atoms with van der Waals surface area (Å²) in [6.07, 6.45) is 4.17. The standard InChI is InChI=1S/C15H16N2O2/c1-2-8-17-13-4-3-5-14(11-13)19-15(18)12-6-9-16-10-7-12/h3-7,9-11,17H,2,8H2,1H3. The molecule has 98 valence electrons. The minimum absolute atomic E-state index is 0.380. The zero-order valence-electron chi connectivity index (χ0n) is 10.8. The number of carbonyl (C=O) groups is 1. The van der Waals surface area contributed by atoms with E-state index in [0.29, 0.717) is 11.3 Å². The molecule has 1 aromatic carbocycles.